The molecule has 1 saturated carbocycles. The molecule has 2 aliphatic rings. The summed E-state index contributed by atoms with van der Waals surface area (Å²) < 4.78 is 6.14. The van der Waals surface area contributed by atoms with E-state index in [9.17, 15) is 4.79 Å². The summed E-state index contributed by atoms with van der Waals surface area (Å²) in [7, 11) is 0. The van der Waals surface area contributed by atoms with E-state index < -0.39 is 0 Å². The SMILES string of the molecule is CCCOC1CC(C(=O)N2CCc3sccc3C2)CCC1Nc1ncccn1. The number of aromatic nitrogens is 2. The Balaban J connectivity index is 1.40. The molecule has 7 heteroatoms. The molecule has 2 aromatic rings. The fourth-order valence-corrected chi connectivity index (χ4v) is 5.10. The van der Waals surface area contributed by atoms with Crippen molar-refractivity contribution in [2.75, 3.05) is 18.5 Å². The van der Waals surface area contributed by atoms with E-state index in [4.69, 9.17) is 4.74 Å². The van der Waals surface area contributed by atoms with E-state index in [0.717, 1.165) is 45.2 Å². The summed E-state index contributed by atoms with van der Waals surface area (Å²) in [5.41, 5.74) is 1.32. The summed E-state index contributed by atoms with van der Waals surface area (Å²) >= 11 is 1.81. The molecule has 1 amide bonds. The Morgan fingerprint density at radius 3 is 3.04 bits per heavy atom. The molecular weight excluding hydrogens is 372 g/mol. The molecule has 1 aliphatic heterocycles. The Morgan fingerprint density at radius 1 is 1.36 bits per heavy atom. The summed E-state index contributed by atoms with van der Waals surface area (Å²) in [6.07, 6.45) is 7.96. The van der Waals surface area contributed by atoms with Crippen LogP contribution in [-0.4, -0.2) is 46.1 Å². The molecule has 3 heterocycles. The normalized spacial score (nSPS) is 24.6. The van der Waals surface area contributed by atoms with Crippen LogP contribution in [0.5, 0.6) is 0 Å². The van der Waals surface area contributed by atoms with E-state index in [1.807, 2.05) is 22.3 Å². The van der Waals surface area contributed by atoms with Gasteiger partial charge in [-0.15, -0.1) is 11.3 Å². The summed E-state index contributed by atoms with van der Waals surface area (Å²) in [6.45, 7) is 4.42. The predicted octanol–water partition coefficient (Wildman–Crippen LogP) is 3.50. The van der Waals surface area contributed by atoms with Gasteiger partial charge in [-0.2, -0.15) is 0 Å². The summed E-state index contributed by atoms with van der Waals surface area (Å²) in [5.74, 6) is 0.955. The Bertz CT molecular complexity index is 782. The van der Waals surface area contributed by atoms with Crippen molar-refractivity contribution in [2.24, 2.45) is 5.92 Å². The van der Waals surface area contributed by atoms with Crippen molar-refractivity contribution in [1.29, 1.82) is 0 Å². The highest BCUT2D eigenvalue weighted by Crippen LogP contribution is 2.32. The maximum Gasteiger partial charge on any atom is 0.226 e. The molecule has 3 unspecified atom stereocenters. The fourth-order valence-electron chi connectivity index (χ4n) is 4.21. The quantitative estimate of drug-likeness (QED) is 0.804. The third-order valence-corrected chi connectivity index (χ3v) is 6.70. The highest BCUT2D eigenvalue weighted by atomic mass is 32.1. The molecule has 1 aliphatic carbocycles. The first-order chi connectivity index (χ1) is 13.7. The molecule has 0 spiro atoms. The number of hydrogen-bond donors (Lipinski definition) is 1. The second-order valence-electron chi connectivity index (χ2n) is 7.62. The van der Waals surface area contributed by atoms with Gasteiger partial charge in [-0.05, 0) is 55.2 Å². The van der Waals surface area contributed by atoms with Gasteiger partial charge in [0.2, 0.25) is 11.9 Å². The topological polar surface area (TPSA) is 67.3 Å². The summed E-state index contributed by atoms with van der Waals surface area (Å²) in [6, 6.07) is 4.11. The average Bonchev–Trinajstić information content (AvgIpc) is 3.21. The first-order valence-electron chi connectivity index (χ1n) is 10.2. The standard InChI is InChI=1S/C21H28N4O2S/c1-2-11-27-18-13-15(4-5-17(18)24-21-22-8-3-9-23-21)20(26)25-10-6-19-16(14-25)7-12-28-19/h3,7-9,12,15,17-18H,2,4-6,10-11,13-14H2,1H3,(H,22,23,24). The number of hydrogen-bond acceptors (Lipinski definition) is 6. The lowest BCUT2D eigenvalue weighted by Gasteiger charge is -2.38. The molecule has 0 bridgehead atoms. The van der Waals surface area contributed by atoms with Gasteiger partial charge < -0.3 is 15.0 Å². The number of nitrogens with one attached hydrogen (secondary N) is 1. The number of carbonyl (C=O) groups excluding carboxylic acids is 1. The molecule has 4 rings (SSSR count). The molecule has 0 saturated heterocycles. The number of thiophene rings is 1. The highest BCUT2D eigenvalue weighted by Gasteiger charge is 2.37. The van der Waals surface area contributed by atoms with Crippen LogP contribution in [0.25, 0.3) is 0 Å². The van der Waals surface area contributed by atoms with Crippen molar-refractivity contribution in [3.05, 3.63) is 40.3 Å². The van der Waals surface area contributed by atoms with Crippen LogP contribution in [0.2, 0.25) is 0 Å². The molecule has 150 valence electrons. The third kappa shape index (κ3) is 4.36. The molecule has 1 fully saturated rings. The molecular formula is C21H28N4O2S. The fraction of sp³-hybridized carbons (Fsp3) is 0.571. The largest absolute Gasteiger partial charge is 0.376 e. The van der Waals surface area contributed by atoms with E-state index in [1.165, 1.54) is 10.4 Å². The van der Waals surface area contributed by atoms with Gasteiger partial charge in [-0.3, -0.25) is 4.79 Å². The molecule has 2 aromatic heterocycles. The second-order valence-corrected chi connectivity index (χ2v) is 8.62. The van der Waals surface area contributed by atoms with Crippen LogP contribution in [0, 0.1) is 5.92 Å². The Labute approximate surface area is 170 Å². The van der Waals surface area contributed by atoms with Crippen LogP contribution in [0.3, 0.4) is 0 Å². The minimum absolute atomic E-state index is 0.00737. The molecule has 3 atom stereocenters. The van der Waals surface area contributed by atoms with Gasteiger partial charge in [-0.25, -0.2) is 9.97 Å². The number of amides is 1. The Kier molecular flexibility index (Phi) is 6.22. The second kappa shape index (κ2) is 9.01. The van der Waals surface area contributed by atoms with Crippen molar-refractivity contribution in [2.45, 2.75) is 57.7 Å². The average molecular weight is 401 g/mol. The van der Waals surface area contributed by atoms with E-state index >= 15 is 0 Å². The zero-order valence-corrected chi connectivity index (χ0v) is 17.2. The van der Waals surface area contributed by atoms with Gasteiger partial charge in [-0.1, -0.05) is 6.92 Å². The lowest BCUT2D eigenvalue weighted by molar-refractivity contribution is -0.139. The van der Waals surface area contributed by atoms with E-state index in [1.54, 1.807) is 12.4 Å². The summed E-state index contributed by atoms with van der Waals surface area (Å²) in [4.78, 5) is 25.2. The lowest BCUT2D eigenvalue weighted by atomic mass is 9.82. The van der Waals surface area contributed by atoms with Crippen LogP contribution in [-0.2, 0) is 22.5 Å². The lowest BCUT2D eigenvalue weighted by Crippen LogP contribution is -2.47. The van der Waals surface area contributed by atoms with Crippen LogP contribution in [0.4, 0.5) is 5.95 Å². The maximum atomic E-state index is 13.2. The van der Waals surface area contributed by atoms with E-state index in [2.05, 4.69) is 33.7 Å². The van der Waals surface area contributed by atoms with Crippen molar-refractivity contribution in [3.8, 4) is 0 Å². The minimum atomic E-state index is 0.00737. The predicted molar refractivity (Wildman–Crippen MR) is 110 cm³/mol. The zero-order valence-electron chi connectivity index (χ0n) is 16.3. The first kappa shape index (κ1) is 19.3. The molecule has 0 aromatic carbocycles. The number of anilines is 1. The van der Waals surface area contributed by atoms with E-state index in [0.29, 0.717) is 12.6 Å². The highest BCUT2D eigenvalue weighted by molar-refractivity contribution is 7.10. The monoisotopic (exact) mass is 400 g/mol. The zero-order chi connectivity index (χ0) is 19.3. The van der Waals surface area contributed by atoms with Crippen molar-refractivity contribution in [3.63, 3.8) is 0 Å². The van der Waals surface area contributed by atoms with Crippen LogP contribution in [0.15, 0.2) is 29.9 Å². The molecule has 0 radical (unpaired) electrons. The Hall–Kier alpha value is -1.99. The number of rotatable bonds is 6. The molecule has 6 nitrogen and oxygen atoms in total. The van der Waals surface area contributed by atoms with Crippen LogP contribution in [0.1, 0.15) is 43.0 Å². The van der Waals surface area contributed by atoms with Gasteiger partial charge in [0.25, 0.3) is 0 Å². The molecule has 1 N–H and O–H groups in total. The summed E-state index contributed by atoms with van der Waals surface area (Å²) in [5, 5.41) is 5.55. The smallest absolute Gasteiger partial charge is 0.226 e. The van der Waals surface area contributed by atoms with Crippen molar-refractivity contribution >= 4 is 23.2 Å². The minimum Gasteiger partial charge on any atom is -0.376 e. The molecule has 28 heavy (non-hydrogen) atoms. The third-order valence-electron chi connectivity index (χ3n) is 5.68. The number of ether oxygens (including phenoxy) is 1. The van der Waals surface area contributed by atoms with E-state index in [-0.39, 0.29) is 24.0 Å². The van der Waals surface area contributed by atoms with Gasteiger partial charge in [0.05, 0.1) is 12.1 Å². The van der Waals surface area contributed by atoms with Crippen LogP contribution < -0.4 is 5.32 Å². The van der Waals surface area contributed by atoms with Gasteiger partial charge in [0.1, 0.15) is 0 Å². The van der Waals surface area contributed by atoms with Crippen LogP contribution >= 0.6 is 11.3 Å². The maximum absolute atomic E-state index is 13.2. The number of fused-ring (bicyclic) bond motifs is 1. The first-order valence-corrected chi connectivity index (χ1v) is 11.1. The Morgan fingerprint density at radius 2 is 2.21 bits per heavy atom. The van der Waals surface area contributed by atoms with Crippen molar-refractivity contribution in [1.82, 2.24) is 14.9 Å². The van der Waals surface area contributed by atoms with Gasteiger partial charge in [0, 0.05) is 42.9 Å². The van der Waals surface area contributed by atoms with Gasteiger partial charge in [0.15, 0.2) is 0 Å². The van der Waals surface area contributed by atoms with Gasteiger partial charge >= 0.3 is 0 Å². The van der Waals surface area contributed by atoms with Crippen molar-refractivity contribution < 1.29 is 9.53 Å². The number of nitrogens with zero attached hydrogens (tertiary/aromatic N) is 3. The number of carbonyl (C=O) groups is 1.